The molecular formula is C13H19BrFN3. The molecule has 1 fully saturated rings. The Balaban J connectivity index is 1.90. The van der Waals surface area contributed by atoms with Gasteiger partial charge in [-0.15, -0.1) is 0 Å². The van der Waals surface area contributed by atoms with E-state index in [0.717, 1.165) is 43.6 Å². The molecule has 1 aromatic carbocycles. The molecular weight excluding hydrogens is 297 g/mol. The first-order chi connectivity index (χ1) is 8.66. The highest BCUT2D eigenvalue weighted by Gasteiger charge is 2.15. The summed E-state index contributed by atoms with van der Waals surface area (Å²) in [6.07, 6.45) is 0.785. The lowest BCUT2D eigenvalue weighted by Crippen LogP contribution is -2.44. The summed E-state index contributed by atoms with van der Waals surface area (Å²) in [6, 6.07) is 4.70. The maximum atomic E-state index is 13.7. The van der Waals surface area contributed by atoms with Gasteiger partial charge in [-0.2, -0.15) is 0 Å². The van der Waals surface area contributed by atoms with E-state index in [1.807, 2.05) is 0 Å². The first kappa shape index (κ1) is 13.9. The zero-order valence-electron chi connectivity index (χ0n) is 10.3. The molecule has 1 unspecified atom stereocenters. The van der Waals surface area contributed by atoms with Crippen LogP contribution in [0, 0.1) is 5.82 Å². The van der Waals surface area contributed by atoms with Crippen LogP contribution in [0.4, 0.5) is 4.39 Å². The van der Waals surface area contributed by atoms with Gasteiger partial charge in [0.25, 0.3) is 0 Å². The van der Waals surface area contributed by atoms with Crippen molar-refractivity contribution < 1.29 is 4.39 Å². The van der Waals surface area contributed by atoms with E-state index in [1.165, 1.54) is 6.07 Å². The molecule has 0 spiro atoms. The summed E-state index contributed by atoms with van der Waals surface area (Å²) in [7, 11) is 0. The number of nitrogens with one attached hydrogen (secondary N) is 1. The van der Waals surface area contributed by atoms with Crippen molar-refractivity contribution in [2.24, 2.45) is 5.73 Å². The molecule has 1 aromatic rings. The predicted octanol–water partition coefficient (Wildman–Crippen LogP) is 1.88. The number of nitrogens with zero attached hydrogens (tertiary/aromatic N) is 1. The molecule has 0 bridgehead atoms. The molecule has 3 N–H and O–H groups in total. The topological polar surface area (TPSA) is 41.3 Å². The van der Waals surface area contributed by atoms with Crippen molar-refractivity contribution in [3.63, 3.8) is 0 Å². The zero-order valence-corrected chi connectivity index (χ0v) is 11.9. The maximum absolute atomic E-state index is 13.7. The normalized spacial score (nSPS) is 18.8. The maximum Gasteiger partial charge on any atom is 0.128 e. The Morgan fingerprint density at radius 2 is 2.11 bits per heavy atom. The van der Waals surface area contributed by atoms with Crippen molar-refractivity contribution in [2.75, 3.05) is 32.7 Å². The first-order valence-corrected chi connectivity index (χ1v) is 7.10. The van der Waals surface area contributed by atoms with Gasteiger partial charge in [0.2, 0.25) is 0 Å². The Morgan fingerprint density at radius 1 is 1.39 bits per heavy atom. The van der Waals surface area contributed by atoms with Crippen molar-refractivity contribution in [1.29, 1.82) is 0 Å². The van der Waals surface area contributed by atoms with E-state index in [1.54, 1.807) is 12.1 Å². The average Bonchev–Trinajstić information content (AvgIpc) is 2.40. The molecule has 1 aliphatic rings. The minimum atomic E-state index is -0.239. The van der Waals surface area contributed by atoms with E-state index in [2.05, 4.69) is 26.1 Å². The third-order valence-electron chi connectivity index (χ3n) is 3.32. The van der Waals surface area contributed by atoms with Crippen molar-refractivity contribution in [1.82, 2.24) is 10.2 Å². The second kappa shape index (κ2) is 6.61. The Morgan fingerprint density at radius 3 is 2.83 bits per heavy atom. The number of benzene rings is 1. The van der Waals surface area contributed by atoms with Crippen LogP contribution in [0.3, 0.4) is 0 Å². The highest BCUT2D eigenvalue weighted by Crippen LogP contribution is 2.22. The smallest absolute Gasteiger partial charge is 0.128 e. The van der Waals surface area contributed by atoms with Crippen LogP contribution in [0.2, 0.25) is 0 Å². The molecule has 1 heterocycles. The van der Waals surface area contributed by atoms with E-state index in [9.17, 15) is 4.39 Å². The van der Waals surface area contributed by atoms with Gasteiger partial charge >= 0.3 is 0 Å². The van der Waals surface area contributed by atoms with Crippen molar-refractivity contribution in [3.8, 4) is 0 Å². The highest BCUT2D eigenvalue weighted by atomic mass is 79.9. The van der Waals surface area contributed by atoms with Crippen LogP contribution in [0.1, 0.15) is 18.0 Å². The molecule has 5 heteroatoms. The molecule has 1 aliphatic heterocycles. The lowest BCUT2D eigenvalue weighted by molar-refractivity contribution is 0.232. The molecule has 100 valence electrons. The second-order valence-electron chi connectivity index (χ2n) is 4.65. The number of hydrogen-bond donors (Lipinski definition) is 2. The van der Waals surface area contributed by atoms with Gasteiger partial charge in [0.05, 0.1) is 0 Å². The number of nitrogens with two attached hydrogens (primary N) is 1. The van der Waals surface area contributed by atoms with E-state index < -0.39 is 0 Å². The van der Waals surface area contributed by atoms with E-state index in [4.69, 9.17) is 5.73 Å². The van der Waals surface area contributed by atoms with Gasteiger partial charge in [-0.05, 0) is 24.6 Å². The van der Waals surface area contributed by atoms with E-state index in [0.29, 0.717) is 5.56 Å². The van der Waals surface area contributed by atoms with Gasteiger partial charge < -0.3 is 16.0 Å². The first-order valence-electron chi connectivity index (χ1n) is 6.30. The Labute approximate surface area is 116 Å². The molecule has 0 aromatic heterocycles. The molecule has 0 radical (unpaired) electrons. The Bertz CT molecular complexity index is 394. The number of halogens is 2. The fraction of sp³-hybridized carbons (Fsp3) is 0.538. The summed E-state index contributed by atoms with van der Waals surface area (Å²) in [4.78, 5) is 2.37. The van der Waals surface area contributed by atoms with Crippen LogP contribution in [0.15, 0.2) is 22.7 Å². The molecule has 1 saturated heterocycles. The van der Waals surface area contributed by atoms with Crippen LogP contribution >= 0.6 is 15.9 Å². The minimum absolute atomic E-state index is 0.217. The molecule has 3 nitrogen and oxygen atoms in total. The minimum Gasteiger partial charge on any atom is -0.324 e. The second-order valence-corrected chi connectivity index (χ2v) is 5.57. The van der Waals surface area contributed by atoms with E-state index >= 15 is 0 Å². The van der Waals surface area contributed by atoms with Crippen molar-refractivity contribution in [2.45, 2.75) is 12.5 Å². The summed E-state index contributed by atoms with van der Waals surface area (Å²) < 4.78 is 14.5. The SMILES string of the molecule is NC(CCN1CCNCC1)c1cc(Br)ccc1F. The quantitative estimate of drug-likeness (QED) is 0.891. The summed E-state index contributed by atoms with van der Waals surface area (Å²) >= 11 is 3.35. The van der Waals surface area contributed by atoms with Crippen LogP contribution in [0.25, 0.3) is 0 Å². The fourth-order valence-corrected chi connectivity index (χ4v) is 2.59. The molecule has 1 atom stereocenters. The van der Waals surface area contributed by atoms with Crippen molar-refractivity contribution in [3.05, 3.63) is 34.1 Å². The fourth-order valence-electron chi connectivity index (χ4n) is 2.21. The molecule has 0 saturated carbocycles. The Kier molecular flexibility index (Phi) is 5.12. The van der Waals surface area contributed by atoms with Gasteiger partial charge in [-0.1, -0.05) is 15.9 Å². The summed E-state index contributed by atoms with van der Waals surface area (Å²) in [5.74, 6) is -0.217. The zero-order chi connectivity index (χ0) is 13.0. The number of hydrogen-bond acceptors (Lipinski definition) is 3. The number of piperazine rings is 1. The highest BCUT2D eigenvalue weighted by molar-refractivity contribution is 9.10. The van der Waals surface area contributed by atoms with Gasteiger partial charge in [0.15, 0.2) is 0 Å². The number of rotatable bonds is 4. The van der Waals surface area contributed by atoms with Crippen LogP contribution in [-0.2, 0) is 0 Å². The van der Waals surface area contributed by atoms with Crippen LogP contribution in [-0.4, -0.2) is 37.6 Å². The standard InChI is InChI=1S/C13H19BrFN3/c14-10-1-2-12(15)11(9-10)13(16)3-6-18-7-4-17-5-8-18/h1-2,9,13,17H,3-8,16H2. The van der Waals surface area contributed by atoms with E-state index in [-0.39, 0.29) is 11.9 Å². The average molecular weight is 316 g/mol. The molecule has 2 rings (SSSR count). The third kappa shape index (κ3) is 3.75. The third-order valence-corrected chi connectivity index (χ3v) is 3.82. The van der Waals surface area contributed by atoms with Gasteiger partial charge in [0.1, 0.15) is 5.82 Å². The van der Waals surface area contributed by atoms with Gasteiger partial charge in [0, 0.05) is 48.8 Å². The van der Waals surface area contributed by atoms with Gasteiger partial charge in [-0.25, -0.2) is 4.39 Å². The van der Waals surface area contributed by atoms with Crippen molar-refractivity contribution >= 4 is 15.9 Å². The largest absolute Gasteiger partial charge is 0.324 e. The molecule has 18 heavy (non-hydrogen) atoms. The van der Waals surface area contributed by atoms with Crippen LogP contribution < -0.4 is 11.1 Å². The predicted molar refractivity (Wildman–Crippen MR) is 75.0 cm³/mol. The van der Waals surface area contributed by atoms with Gasteiger partial charge in [-0.3, -0.25) is 0 Å². The summed E-state index contributed by atoms with van der Waals surface area (Å²) in [5.41, 5.74) is 6.68. The lowest BCUT2D eigenvalue weighted by Gasteiger charge is -2.28. The monoisotopic (exact) mass is 315 g/mol. The molecule has 0 aliphatic carbocycles. The molecule has 0 amide bonds. The summed E-state index contributed by atoms with van der Waals surface area (Å²) in [5, 5.41) is 3.31. The Hall–Kier alpha value is -0.490. The summed E-state index contributed by atoms with van der Waals surface area (Å²) in [6.45, 7) is 5.08. The lowest BCUT2D eigenvalue weighted by atomic mass is 10.0. The van der Waals surface area contributed by atoms with Crippen LogP contribution in [0.5, 0.6) is 0 Å².